The van der Waals surface area contributed by atoms with Crippen molar-refractivity contribution < 1.29 is 0 Å². The van der Waals surface area contributed by atoms with E-state index in [1.54, 1.807) is 0 Å². The molecule has 1 fully saturated rings. The fourth-order valence-corrected chi connectivity index (χ4v) is 4.14. The summed E-state index contributed by atoms with van der Waals surface area (Å²) in [6.07, 6.45) is 5.74. The number of likely N-dealkylation sites (tertiary alicyclic amines) is 1. The van der Waals surface area contributed by atoms with Crippen LogP contribution in [0.1, 0.15) is 26.2 Å². The highest BCUT2D eigenvalue weighted by molar-refractivity contribution is 9.10. The summed E-state index contributed by atoms with van der Waals surface area (Å²) in [5.74, 6) is 1.84. The molecule has 1 unspecified atom stereocenters. The van der Waals surface area contributed by atoms with E-state index in [1.807, 2.05) is 12.3 Å². The normalized spacial score (nSPS) is 18.2. The molecule has 3 heterocycles. The number of halogens is 1. The van der Waals surface area contributed by atoms with Gasteiger partial charge in [-0.2, -0.15) is 0 Å². The van der Waals surface area contributed by atoms with Crippen LogP contribution in [0.25, 0.3) is 22.6 Å². The topological polar surface area (TPSA) is 34.0 Å². The lowest BCUT2D eigenvalue weighted by molar-refractivity contribution is 0.263. The molecule has 1 aromatic carbocycles. The van der Waals surface area contributed by atoms with Crippen molar-refractivity contribution in [3.63, 3.8) is 0 Å². The number of hydrogen-bond donors (Lipinski definition) is 0. The second-order valence-electron chi connectivity index (χ2n) is 6.89. The number of nitrogens with zero attached hydrogens (tertiary/aromatic N) is 4. The molecule has 0 amide bonds. The fourth-order valence-electron chi connectivity index (χ4n) is 3.82. The molecule has 1 aliphatic heterocycles. The zero-order chi connectivity index (χ0) is 17.2. The Bertz CT molecular complexity index is 859. The van der Waals surface area contributed by atoms with Gasteiger partial charge in [-0.15, -0.1) is 0 Å². The molecule has 0 bridgehead atoms. The molecule has 25 heavy (non-hydrogen) atoms. The molecular weight excluding hydrogens is 376 g/mol. The van der Waals surface area contributed by atoms with Crippen molar-refractivity contribution in [2.75, 3.05) is 13.1 Å². The molecule has 0 radical (unpaired) electrons. The van der Waals surface area contributed by atoms with E-state index in [0.717, 1.165) is 39.6 Å². The summed E-state index contributed by atoms with van der Waals surface area (Å²) in [6.45, 7) is 5.50. The Morgan fingerprint density at radius 1 is 1.24 bits per heavy atom. The van der Waals surface area contributed by atoms with E-state index in [9.17, 15) is 0 Å². The van der Waals surface area contributed by atoms with Gasteiger partial charge in [0.2, 0.25) is 0 Å². The van der Waals surface area contributed by atoms with E-state index in [0.29, 0.717) is 0 Å². The van der Waals surface area contributed by atoms with E-state index < -0.39 is 0 Å². The van der Waals surface area contributed by atoms with Crippen molar-refractivity contribution in [2.45, 2.75) is 32.9 Å². The van der Waals surface area contributed by atoms with Crippen LogP contribution in [0.15, 0.2) is 47.1 Å². The van der Waals surface area contributed by atoms with Crippen molar-refractivity contribution >= 4 is 27.1 Å². The Balaban J connectivity index is 1.72. The number of hydrogen-bond acceptors (Lipinski definition) is 3. The fraction of sp³-hybridized carbons (Fsp3) is 0.400. The molecule has 0 aliphatic carbocycles. The second-order valence-corrected chi connectivity index (χ2v) is 7.80. The van der Waals surface area contributed by atoms with E-state index in [4.69, 9.17) is 4.98 Å². The van der Waals surface area contributed by atoms with Gasteiger partial charge >= 0.3 is 0 Å². The van der Waals surface area contributed by atoms with Gasteiger partial charge in [-0.1, -0.05) is 43.7 Å². The van der Waals surface area contributed by atoms with Gasteiger partial charge in [-0.3, -0.25) is 4.90 Å². The summed E-state index contributed by atoms with van der Waals surface area (Å²) in [5.41, 5.74) is 3.04. The lowest BCUT2D eigenvalue weighted by Crippen LogP contribution is -2.24. The third-order valence-corrected chi connectivity index (χ3v) is 5.45. The van der Waals surface area contributed by atoms with Gasteiger partial charge in [0, 0.05) is 29.3 Å². The average Bonchev–Trinajstić information content (AvgIpc) is 3.21. The average molecular weight is 399 g/mol. The molecular formula is C20H23BrN4. The maximum atomic E-state index is 4.83. The van der Waals surface area contributed by atoms with Crippen LogP contribution in [-0.4, -0.2) is 32.5 Å². The smallest absolute Gasteiger partial charge is 0.178 e. The van der Waals surface area contributed by atoms with Crippen molar-refractivity contribution in [3.8, 4) is 11.4 Å². The molecule has 1 saturated heterocycles. The van der Waals surface area contributed by atoms with Crippen LogP contribution in [-0.2, 0) is 6.67 Å². The summed E-state index contributed by atoms with van der Waals surface area (Å²) in [5, 5.41) is 0. The van der Waals surface area contributed by atoms with Gasteiger partial charge in [0.15, 0.2) is 5.65 Å². The summed E-state index contributed by atoms with van der Waals surface area (Å²) < 4.78 is 3.31. The van der Waals surface area contributed by atoms with Crippen LogP contribution in [0.3, 0.4) is 0 Å². The zero-order valence-electron chi connectivity index (χ0n) is 14.5. The molecule has 1 atom stereocenters. The third-order valence-electron chi connectivity index (χ3n) is 5.01. The monoisotopic (exact) mass is 398 g/mol. The SMILES string of the molecule is CCCC1CCN(Cn2c(-c3ccccc3)nc3ncc(Br)cc32)C1. The lowest BCUT2D eigenvalue weighted by atomic mass is 10.0. The summed E-state index contributed by atoms with van der Waals surface area (Å²) >= 11 is 3.56. The largest absolute Gasteiger partial charge is 0.309 e. The van der Waals surface area contributed by atoms with Gasteiger partial charge in [0.25, 0.3) is 0 Å². The maximum Gasteiger partial charge on any atom is 0.178 e. The summed E-state index contributed by atoms with van der Waals surface area (Å²) in [7, 11) is 0. The first-order valence-corrected chi connectivity index (χ1v) is 9.83. The first-order chi connectivity index (χ1) is 12.2. The molecule has 0 saturated carbocycles. The molecule has 4 rings (SSSR count). The Hall–Kier alpha value is -1.72. The van der Waals surface area contributed by atoms with Gasteiger partial charge in [-0.25, -0.2) is 9.97 Å². The molecule has 5 heteroatoms. The molecule has 130 valence electrons. The Kier molecular flexibility index (Phi) is 4.86. The van der Waals surface area contributed by atoms with Crippen LogP contribution in [0.4, 0.5) is 0 Å². The quantitative estimate of drug-likeness (QED) is 0.610. The van der Waals surface area contributed by atoms with Crippen molar-refractivity contribution in [2.24, 2.45) is 5.92 Å². The highest BCUT2D eigenvalue weighted by Crippen LogP contribution is 2.28. The number of rotatable bonds is 5. The number of benzene rings is 1. The number of imidazole rings is 1. The lowest BCUT2D eigenvalue weighted by Gasteiger charge is -2.19. The van der Waals surface area contributed by atoms with E-state index in [2.05, 4.69) is 67.6 Å². The number of fused-ring (bicyclic) bond motifs is 1. The predicted molar refractivity (Wildman–Crippen MR) is 105 cm³/mol. The van der Waals surface area contributed by atoms with E-state index in [1.165, 1.54) is 32.4 Å². The summed E-state index contributed by atoms with van der Waals surface area (Å²) in [4.78, 5) is 11.9. The number of aromatic nitrogens is 3. The maximum absolute atomic E-state index is 4.83. The highest BCUT2D eigenvalue weighted by Gasteiger charge is 2.24. The molecule has 3 aromatic rings. The van der Waals surface area contributed by atoms with Gasteiger partial charge < -0.3 is 4.57 Å². The van der Waals surface area contributed by atoms with Crippen molar-refractivity contribution in [3.05, 3.63) is 47.1 Å². The molecule has 0 N–H and O–H groups in total. The molecule has 0 spiro atoms. The van der Waals surface area contributed by atoms with Crippen molar-refractivity contribution in [1.82, 2.24) is 19.4 Å². The minimum atomic E-state index is 0.811. The first kappa shape index (κ1) is 16.7. The standard InChI is InChI=1S/C20H23BrN4/c1-2-6-15-9-10-24(13-15)14-25-18-11-17(21)12-22-19(18)23-20(25)16-7-4-3-5-8-16/h3-5,7-8,11-12,15H,2,6,9-10,13-14H2,1H3. The van der Waals surface area contributed by atoms with Crippen molar-refractivity contribution in [1.29, 1.82) is 0 Å². The summed E-state index contributed by atoms with van der Waals surface area (Å²) in [6, 6.07) is 12.5. The van der Waals surface area contributed by atoms with E-state index >= 15 is 0 Å². The highest BCUT2D eigenvalue weighted by atomic mass is 79.9. The molecule has 2 aromatic heterocycles. The van der Waals surface area contributed by atoms with Gasteiger partial charge in [0.05, 0.1) is 12.2 Å². The van der Waals surface area contributed by atoms with Crippen LogP contribution >= 0.6 is 15.9 Å². The Morgan fingerprint density at radius 3 is 2.88 bits per heavy atom. The Labute approximate surface area is 157 Å². The zero-order valence-corrected chi connectivity index (χ0v) is 16.1. The molecule has 1 aliphatic rings. The second kappa shape index (κ2) is 7.26. The van der Waals surface area contributed by atoms with Crippen LogP contribution in [0.2, 0.25) is 0 Å². The van der Waals surface area contributed by atoms with Crippen LogP contribution in [0, 0.1) is 5.92 Å². The third kappa shape index (κ3) is 3.48. The van der Waals surface area contributed by atoms with Crippen LogP contribution < -0.4 is 0 Å². The van der Waals surface area contributed by atoms with Gasteiger partial charge in [-0.05, 0) is 40.8 Å². The van der Waals surface area contributed by atoms with E-state index in [-0.39, 0.29) is 0 Å². The number of pyridine rings is 1. The molecule has 4 nitrogen and oxygen atoms in total. The first-order valence-electron chi connectivity index (χ1n) is 9.04. The van der Waals surface area contributed by atoms with Crippen LogP contribution in [0.5, 0.6) is 0 Å². The van der Waals surface area contributed by atoms with Gasteiger partial charge in [0.1, 0.15) is 5.82 Å². The minimum absolute atomic E-state index is 0.811. The Morgan fingerprint density at radius 2 is 2.08 bits per heavy atom. The predicted octanol–water partition coefficient (Wildman–Crippen LogP) is 4.94. The minimum Gasteiger partial charge on any atom is -0.309 e.